The number of nitrogens with zero attached hydrogens (tertiary/aromatic N) is 2. The third-order valence-electron chi connectivity index (χ3n) is 5.29. The molecule has 7 heteroatoms. The zero-order valence-electron chi connectivity index (χ0n) is 14.6. The molecular formula is C19H22N2O3S2. The van der Waals surface area contributed by atoms with Crippen molar-refractivity contribution in [2.24, 2.45) is 5.92 Å². The minimum Gasteiger partial charge on any atom is -0.299 e. The van der Waals surface area contributed by atoms with Crippen LogP contribution in [-0.4, -0.2) is 36.6 Å². The summed E-state index contributed by atoms with van der Waals surface area (Å²) in [7, 11) is -3.38. The third-order valence-corrected chi connectivity index (χ3v) is 8.05. The first-order valence-corrected chi connectivity index (χ1v) is 11.4. The van der Waals surface area contributed by atoms with Crippen LogP contribution in [0.4, 0.5) is 0 Å². The lowest BCUT2D eigenvalue weighted by Gasteiger charge is -2.23. The minimum absolute atomic E-state index is 0.234. The van der Waals surface area contributed by atoms with E-state index in [1.807, 2.05) is 5.38 Å². The van der Waals surface area contributed by atoms with Crippen molar-refractivity contribution in [1.82, 2.24) is 9.29 Å². The maximum atomic E-state index is 12.6. The highest BCUT2D eigenvalue weighted by molar-refractivity contribution is 7.89. The SMILES string of the molecule is O=C(Cc1nc(-c2ccc(S(=O)(=O)N3CCCC3)cc2)cs1)C1CCC1. The normalized spacial score (nSPS) is 18.8. The van der Waals surface area contributed by atoms with E-state index in [1.54, 1.807) is 28.6 Å². The van der Waals surface area contributed by atoms with Gasteiger partial charge < -0.3 is 0 Å². The van der Waals surface area contributed by atoms with E-state index in [0.717, 1.165) is 48.4 Å². The molecule has 1 saturated carbocycles. The summed E-state index contributed by atoms with van der Waals surface area (Å²) < 4.78 is 26.7. The van der Waals surface area contributed by atoms with Crippen molar-refractivity contribution in [3.05, 3.63) is 34.7 Å². The van der Waals surface area contributed by atoms with E-state index in [4.69, 9.17) is 0 Å². The zero-order valence-corrected chi connectivity index (χ0v) is 16.2. The summed E-state index contributed by atoms with van der Waals surface area (Å²) >= 11 is 1.50. The molecule has 2 aliphatic rings. The third kappa shape index (κ3) is 3.48. The van der Waals surface area contributed by atoms with Crippen LogP contribution in [-0.2, 0) is 21.2 Å². The van der Waals surface area contributed by atoms with Gasteiger partial charge in [0.2, 0.25) is 10.0 Å². The summed E-state index contributed by atoms with van der Waals surface area (Å²) in [6.07, 6.45) is 5.47. The average molecular weight is 391 g/mol. The van der Waals surface area contributed by atoms with E-state index in [1.165, 1.54) is 11.3 Å². The highest BCUT2D eigenvalue weighted by Gasteiger charge is 2.27. The number of aromatic nitrogens is 1. The van der Waals surface area contributed by atoms with Gasteiger partial charge in [-0.05, 0) is 37.8 Å². The minimum atomic E-state index is -3.38. The van der Waals surface area contributed by atoms with Gasteiger partial charge in [-0.2, -0.15) is 4.31 Å². The summed E-state index contributed by atoms with van der Waals surface area (Å²) in [5.74, 6) is 0.529. The van der Waals surface area contributed by atoms with E-state index >= 15 is 0 Å². The van der Waals surface area contributed by atoms with Gasteiger partial charge in [0.1, 0.15) is 10.8 Å². The molecule has 1 aromatic carbocycles. The molecule has 0 radical (unpaired) electrons. The Bertz CT molecular complexity index is 893. The lowest BCUT2D eigenvalue weighted by molar-refractivity contribution is -0.124. The predicted octanol–water partition coefficient (Wildman–Crippen LogP) is 3.51. The Kier molecular flexibility index (Phi) is 4.94. The molecule has 4 rings (SSSR count). The zero-order chi connectivity index (χ0) is 18.1. The lowest BCUT2D eigenvalue weighted by atomic mass is 9.81. The summed E-state index contributed by atoms with van der Waals surface area (Å²) in [5.41, 5.74) is 1.68. The van der Waals surface area contributed by atoms with Crippen molar-refractivity contribution in [3.8, 4) is 11.3 Å². The Balaban J connectivity index is 1.47. The second kappa shape index (κ2) is 7.21. The number of Topliss-reactive ketones (excluding diaryl/α,β-unsaturated/α-hetero) is 1. The number of thiazole rings is 1. The number of carbonyl (C=O) groups is 1. The first-order chi connectivity index (χ1) is 12.5. The van der Waals surface area contributed by atoms with Gasteiger partial charge in [0.15, 0.2) is 0 Å². The molecule has 0 bridgehead atoms. The second-order valence-electron chi connectivity index (χ2n) is 7.03. The number of benzene rings is 1. The molecule has 1 aromatic heterocycles. The highest BCUT2D eigenvalue weighted by Crippen LogP contribution is 2.30. The van der Waals surface area contributed by atoms with Crippen LogP contribution in [0.5, 0.6) is 0 Å². The van der Waals surface area contributed by atoms with Crippen LogP contribution >= 0.6 is 11.3 Å². The summed E-state index contributed by atoms with van der Waals surface area (Å²) in [4.78, 5) is 17.0. The molecule has 0 spiro atoms. The van der Waals surface area contributed by atoms with Gasteiger partial charge in [0.25, 0.3) is 0 Å². The molecule has 138 valence electrons. The second-order valence-corrected chi connectivity index (χ2v) is 9.91. The Morgan fingerprint density at radius 1 is 1.12 bits per heavy atom. The molecule has 0 unspecified atom stereocenters. The molecule has 5 nitrogen and oxygen atoms in total. The topological polar surface area (TPSA) is 67.3 Å². The summed E-state index contributed by atoms with van der Waals surface area (Å²) in [6, 6.07) is 6.91. The van der Waals surface area contributed by atoms with Crippen molar-refractivity contribution in [3.63, 3.8) is 0 Å². The lowest BCUT2D eigenvalue weighted by Crippen LogP contribution is -2.27. The van der Waals surface area contributed by atoms with Gasteiger partial charge in [-0.1, -0.05) is 18.6 Å². The van der Waals surface area contributed by atoms with Gasteiger partial charge in [0.05, 0.1) is 17.0 Å². The fraction of sp³-hybridized carbons (Fsp3) is 0.474. The first kappa shape index (κ1) is 17.8. The van der Waals surface area contributed by atoms with Crippen LogP contribution in [0.1, 0.15) is 37.1 Å². The largest absolute Gasteiger partial charge is 0.299 e. The van der Waals surface area contributed by atoms with Crippen molar-refractivity contribution in [1.29, 1.82) is 0 Å². The van der Waals surface area contributed by atoms with Crippen LogP contribution in [0.2, 0.25) is 0 Å². The molecule has 26 heavy (non-hydrogen) atoms. The van der Waals surface area contributed by atoms with Gasteiger partial charge in [-0.25, -0.2) is 13.4 Å². The maximum Gasteiger partial charge on any atom is 0.243 e. The fourth-order valence-corrected chi connectivity index (χ4v) is 5.75. The molecule has 2 aromatic rings. The smallest absolute Gasteiger partial charge is 0.243 e. The number of hydrogen-bond donors (Lipinski definition) is 0. The maximum absolute atomic E-state index is 12.6. The summed E-state index contributed by atoms with van der Waals surface area (Å²) in [5, 5.41) is 2.78. The van der Waals surface area contributed by atoms with E-state index in [2.05, 4.69) is 4.98 Å². The van der Waals surface area contributed by atoms with E-state index in [0.29, 0.717) is 30.2 Å². The van der Waals surface area contributed by atoms with Crippen molar-refractivity contribution >= 4 is 27.1 Å². The molecule has 0 atom stereocenters. The number of ketones is 1. The molecule has 2 fully saturated rings. The van der Waals surface area contributed by atoms with Gasteiger partial charge in [-0.3, -0.25) is 4.79 Å². The van der Waals surface area contributed by atoms with E-state index in [9.17, 15) is 13.2 Å². The van der Waals surface area contributed by atoms with Gasteiger partial charge >= 0.3 is 0 Å². The Morgan fingerprint density at radius 3 is 2.42 bits per heavy atom. The van der Waals surface area contributed by atoms with Crippen molar-refractivity contribution < 1.29 is 13.2 Å². The van der Waals surface area contributed by atoms with Crippen LogP contribution in [0.25, 0.3) is 11.3 Å². The van der Waals surface area contributed by atoms with Crippen LogP contribution in [0.15, 0.2) is 34.5 Å². The number of hydrogen-bond acceptors (Lipinski definition) is 5. The fourth-order valence-electron chi connectivity index (χ4n) is 3.42. The molecule has 1 aliphatic carbocycles. The monoisotopic (exact) mass is 390 g/mol. The standard InChI is InChI=1S/C19H22N2O3S2/c22-18(15-4-3-5-15)12-19-20-17(13-25-19)14-6-8-16(9-7-14)26(23,24)21-10-1-2-11-21/h6-9,13,15H,1-5,10-12H2. The van der Waals surface area contributed by atoms with E-state index < -0.39 is 10.0 Å². The van der Waals surface area contributed by atoms with Crippen LogP contribution in [0.3, 0.4) is 0 Å². The predicted molar refractivity (Wildman–Crippen MR) is 102 cm³/mol. The van der Waals surface area contributed by atoms with Crippen molar-refractivity contribution in [2.75, 3.05) is 13.1 Å². The molecule has 0 amide bonds. The quantitative estimate of drug-likeness (QED) is 0.757. The molecule has 1 aliphatic heterocycles. The Morgan fingerprint density at radius 2 is 1.81 bits per heavy atom. The Hall–Kier alpha value is -1.57. The number of sulfonamides is 1. The van der Waals surface area contributed by atoms with Gasteiger partial charge in [-0.15, -0.1) is 11.3 Å². The average Bonchev–Trinajstić information content (AvgIpc) is 3.25. The first-order valence-electron chi connectivity index (χ1n) is 9.12. The van der Waals surface area contributed by atoms with E-state index in [-0.39, 0.29) is 5.92 Å². The summed E-state index contributed by atoms with van der Waals surface area (Å²) in [6.45, 7) is 1.21. The molecule has 2 heterocycles. The highest BCUT2D eigenvalue weighted by atomic mass is 32.2. The number of rotatable bonds is 6. The van der Waals surface area contributed by atoms with Gasteiger partial charge in [0, 0.05) is 30.0 Å². The Labute approximate surface area is 158 Å². The molecule has 0 N–H and O–H groups in total. The van der Waals surface area contributed by atoms with Crippen molar-refractivity contribution in [2.45, 2.75) is 43.4 Å². The van der Waals surface area contributed by atoms with Crippen LogP contribution in [0, 0.1) is 5.92 Å². The van der Waals surface area contributed by atoms with Crippen LogP contribution < -0.4 is 0 Å². The number of carbonyl (C=O) groups excluding carboxylic acids is 1. The molecule has 1 saturated heterocycles. The molecular weight excluding hydrogens is 368 g/mol.